The molecule has 0 saturated carbocycles. The van der Waals surface area contributed by atoms with E-state index in [0.29, 0.717) is 6.42 Å². The summed E-state index contributed by atoms with van der Waals surface area (Å²) in [6, 6.07) is 7.67. The van der Waals surface area contributed by atoms with E-state index in [0.717, 1.165) is 11.3 Å². The maximum atomic E-state index is 11.2. The Hall–Kier alpha value is -1.03. The standard InChI is InChI=1S/C11H14O3S/c1-9-4-2-3-5-11(9)14-10-6-7-15(12,13)8-10/h2-5,10H,6-8H2,1H3. The van der Waals surface area contributed by atoms with Crippen LogP contribution in [0.15, 0.2) is 24.3 Å². The van der Waals surface area contributed by atoms with E-state index < -0.39 is 9.84 Å². The van der Waals surface area contributed by atoms with Gasteiger partial charge in [0.2, 0.25) is 0 Å². The first kappa shape index (κ1) is 10.5. The molecule has 0 N–H and O–H groups in total. The van der Waals surface area contributed by atoms with Crippen molar-refractivity contribution in [3.63, 3.8) is 0 Å². The second-order valence-electron chi connectivity index (χ2n) is 3.91. The number of rotatable bonds is 2. The number of hydrogen-bond donors (Lipinski definition) is 0. The minimum absolute atomic E-state index is 0.154. The molecule has 3 nitrogen and oxygen atoms in total. The van der Waals surface area contributed by atoms with E-state index in [2.05, 4.69) is 0 Å². The molecule has 4 heteroatoms. The SMILES string of the molecule is Cc1ccccc1OC1CCS(=O)(=O)C1. The van der Waals surface area contributed by atoms with Gasteiger partial charge >= 0.3 is 0 Å². The number of para-hydroxylation sites is 1. The molecule has 1 aliphatic rings. The van der Waals surface area contributed by atoms with Crippen LogP contribution >= 0.6 is 0 Å². The van der Waals surface area contributed by atoms with Crippen molar-refractivity contribution in [2.75, 3.05) is 11.5 Å². The van der Waals surface area contributed by atoms with Crippen molar-refractivity contribution in [2.45, 2.75) is 19.4 Å². The van der Waals surface area contributed by atoms with Crippen LogP contribution in [0, 0.1) is 6.92 Å². The molecule has 15 heavy (non-hydrogen) atoms. The molecule has 0 radical (unpaired) electrons. The summed E-state index contributed by atoms with van der Waals surface area (Å²) in [6.07, 6.45) is 0.438. The monoisotopic (exact) mass is 226 g/mol. The van der Waals surface area contributed by atoms with E-state index in [9.17, 15) is 8.42 Å². The van der Waals surface area contributed by atoms with Gasteiger partial charge in [0.05, 0.1) is 11.5 Å². The Bertz CT molecular complexity index is 451. The van der Waals surface area contributed by atoms with Gasteiger partial charge in [-0.2, -0.15) is 0 Å². The summed E-state index contributed by atoms with van der Waals surface area (Å²) in [7, 11) is -2.85. The highest BCUT2D eigenvalue weighted by Gasteiger charge is 2.29. The first-order valence-electron chi connectivity index (χ1n) is 4.99. The summed E-state index contributed by atoms with van der Waals surface area (Å²) in [5.74, 6) is 1.20. The Morgan fingerprint density at radius 1 is 1.33 bits per heavy atom. The van der Waals surface area contributed by atoms with Crippen LogP contribution in [-0.2, 0) is 9.84 Å². The van der Waals surface area contributed by atoms with E-state index in [4.69, 9.17) is 4.74 Å². The number of hydrogen-bond acceptors (Lipinski definition) is 3. The molecule has 0 bridgehead atoms. The number of aryl methyl sites for hydroxylation is 1. The van der Waals surface area contributed by atoms with E-state index in [1.165, 1.54) is 0 Å². The first-order chi connectivity index (χ1) is 7.07. The summed E-state index contributed by atoms with van der Waals surface area (Å²) in [6.45, 7) is 1.96. The largest absolute Gasteiger partial charge is 0.489 e. The fraction of sp³-hybridized carbons (Fsp3) is 0.455. The van der Waals surface area contributed by atoms with Crippen LogP contribution in [0.1, 0.15) is 12.0 Å². The van der Waals surface area contributed by atoms with E-state index in [-0.39, 0.29) is 17.6 Å². The van der Waals surface area contributed by atoms with Crippen LogP contribution in [0.2, 0.25) is 0 Å². The van der Waals surface area contributed by atoms with Crippen molar-refractivity contribution in [3.05, 3.63) is 29.8 Å². The van der Waals surface area contributed by atoms with Gasteiger partial charge < -0.3 is 4.74 Å². The highest BCUT2D eigenvalue weighted by Crippen LogP contribution is 2.22. The van der Waals surface area contributed by atoms with Crippen LogP contribution in [-0.4, -0.2) is 26.0 Å². The molecule has 1 atom stereocenters. The van der Waals surface area contributed by atoms with Crippen LogP contribution in [0.3, 0.4) is 0 Å². The minimum atomic E-state index is -2.85. The molecule has 1 aromatic rings. The van der Waals surface area contributed by atoms with Crippen molar-refractivity contribution in [2.24, 2.45) is 0 Å². The molecule has 1 aliphatic heterocycles. The van der Waals surface area contributed by atoms with Crippen LogP contribution in [0.4, 0.5) is 0 Å². The summed E-state index contributed by atoms with van der Waals surface area (Å²) < 4.78 is 28.1. The molecule has 82 valence electrons. The molecule has 1 fully saturated rings. The quantitative estimate of drug-likeness (QED) is 0.768. The van der Waals surface area contributed by atoms with Gasteiger partial charge in [0.15, 0.2) is 9.84 Å². The van der Waals surface area contributed by atoms with E-state index in [1.807, 2.05) is 31.2 Å². The normalized spacial score (nSPS) is 23.9. The zero-order valence-corrected chi connectivity index (χ0v) is 9.46. The smallest absolute Gasteiger partial charge is 0.154 e. The van der Waals surface area contributed by atoms with Crippen molar-refractivity contribution in [3.8, 4) is 5.75 Å². The van der Waals surface area contributed by atoms with Crippen molar-refractivity contribution in [1.29, 1.82) is 0 Å². The summed E-state index contributed by atoms with van der Waals surface area (Å²) >= 11 is 0. The molecule has 0 aromatic heterocycles. The van der Waals surface area contributed by atoms with Gasteiger partial charge in [0.25, 0.3) is 0 Å². The molecule has 0 spiro atoms. The predicted molar refractivity (Wildman–Crippen MR) is 58.9 cm³/mol. The Morgan fingerprint density at radius 3 is 2.67 bits per heavy atom. The fourth-order valence-electron chi connectivity index (χ4n) is 1.72. The maximum Gasteiger partial charge on any atom is 0.154 e. The number of benzene rings is 1. The highest BCUT2D eigenvalue weighted by atomic mass is 32.2. The Balaban J connectivity index is 2.08. The van der Waals surface area contributed by atoms with Crippen molar-refractivity contribution < 1.29 is 13.2 Å². The topological polar surface area (TPSA) is 43.4 Å². The van der Waals surface area contributed by atoms with Gasteiger partial charge in [0.1, 0.15) is 11.9 Å². The fourth-order valence-corrected chi connectivity index (χ4v) is 3.31. The zero-order chi connectivity index (χ0) is 10.9. The summed E-state index contributed by atoms with van der Waals surface area (Å²) in [4.78, 5) is 0. The van der Waals surface area contributed by atoms with Gasteiger partial charge in [-0.15, -0.1) is 0 Å². The molecular formula is C11H14O3S. The van der Waals surface area contributed by atoms with Crippen LogP contribution < -0.4 is 4.74 Å². The second-order valence-corrected chi connectivity index (χ2v) is 6.14. The number of sulfone groups is 1. The third-order valence-corrected chi connectivity index (χ3v) is 4.32. The lowest BCUT2D eigenvalue weighted by molar-refractivity contribution is 0.227. The third kappa shape index (κ3) is 2.50. The first-order valence-corrected chi connectivity index (χ1v) is 6.82. The molecule has 0 aliphatic carbocycles. The Kier molecular flexibility index (Phi) is 2.69. The molecule has 1 unspecified atom stereocenters. The van der Waals surface area contributed by atoms with E-state index in [1.54, 1.807) is 0 Å². The van der Waals surface area contributed by atoms with Gasteiger partial charge in [-0.25, -0.2) is 8.42 Å². The summed E-state index contributed by atoms with van der Waals surface area (Å²) in [5, 5.41) is 0. The molecule has 1 aromatic carbocycles. The Morgan fingerprint density at radius 2 is 2.07 bits per heavy atom. The third-order valence-electron chi connectivity index (χ3n) is 2.58. The molecule has 1 heterocycles. The Labute approximate surface area is 90.0 Å². The summed E-state index contributed by atoms with van der Waals surface area (Å²) in [5.41, 5.74) is 1.04. The molecule has 1 saturated heterocycles. The molecular weight excluding hydrogens is 212 g/mol. The van der Waals surface area contributed by atoms with Gasteiger partial charge in [-0.05, 0) is 25.0 Å². The molecule has 2 rings (SSSR count). The average Bonchev–Trinajstić information content (AvgIpc) is 2.50. The van der Waals surface area contributed by atoms with Gasteiger partial charge in [-0.3, -0.25) is 0 Å². The lowest BCUT2D eigenvalue weighted by atomic mass is 10.2. The van der Waals surface area contributed by atoms with Crippen LogP contribution in [0.25, 0.3) is 0 Å². The predicted octanol–water partition coefficient (Wildman–Crippen LogP) is 1.56. The van der Waals surface area contributed by atoms with Crippen LogP contribution in [0.5, 0.6) is 5.75 Å². The average molecular weight is 226 g/mol. The number of ether oxygens (including phenoxy) is 1. The minimum Gasteiger partial charge on any atom is -0.489 e. The molecule has 0 amide bonds. The second kappa shape index (κ2) is 3.85. The van der Waals surface area contributed by atoms with Crippen molar-refractivity contribution in [1.82, 2.24) is 0 Å². The van der Waals surface area contributed by atoms with Gasteiger partial charge in [-0.1, -0.05) is 18.2 Å². The highest BCUT2D eigenvalue weighted by molar-refractivity contribution is 7.91. The zero-order valence-electron chi connectivity index (χ0n) is 8.64. The lowest BCUT2D eigenvalue weighted by Gasteiger charge is -2.13. The van der Waals surface area contributed by atoms with Gasteiger partial charge in [0, 0.05) is 0 Å². The van der Waals surface area contributed by atoms with E-state index >= 15 is 0 Å². The lowest BCUT2D eigenvalue weighted by Crippen LogP contribution is -2.18. The maximum absolute atomic E-state index is 11.2. The van der Waals surface area contributed by atoms with Crippen molar-refractivity contribution >= 4 is 9.84 Å².